The summed E-state index contributed by atoms with van der Waals surface area (Å²) in [5.74, 6) is 1.76. The summed E-state index contributed by atoms with van der Waals surface area (Å²) in [6.45, 7) is 4.45. The molecule has 0 aromatic rings. The van der Waals surface area contributed by atoms with Crippen molar-refractivity contribution < 1.29 is 4.79 Å². The zero-order chi connectivity index (χ0) is 12.8. The number of piperidine rings is 1. The van der Waals surface area contributed by atoms with Crippen LogP contribution in [-0.4, -0.2) is 25.0 Å². The number of nitrogens with one attached hydrogen (secondary N) is 2. The SMILES string of the molecule is CCCCCCCCCC(=O)NC1C2CNCC21. The van der Waals surface area contributed by atoms with Gasteiger partial charge >= 0.3 is 0 Å². The van der Waals surface area contributed by atoms with Gasteiger partial charge in [0.2, 0.25) is 5.91 Å². The molecule has 1 saturated carbocycles. The molecule has 18 heavy (non-hydrogen) atoms. The van der Waals surface area contributed by atoms with Gasteiger partial charge in [0.15, 0.2) is 0 Å². The van der Waals surface area contributed by atoms with Gasteiger partial charge in [-0.15, -0.1) is 0 Å². The number of unbranched alkanes of at least 4 members (excludes halogenated alkanes) is 6. The summed E-state index contributed by atoms with van der Waals surface area (Å²) in [4.78, 5) is 11.7. The minimum Gasteiger partial charge on any atom is -0.353 e. The highest BCUT2D eigenvalue weighted by Crippen LogP contribution is 2.41. The van der Waals surface area contributed by atoms with E-state index >= 15 is 0 Å². The maximum absolute atomic E-state index is 11.7. The van der Waals surface area contributed by atoms with Crippen LogP contribution in [0.5, 0.6) is 0 Å². The number of rotatable bonds is 9. The molecule has 2 aliphatic rings. The van der Waals surface area contributed by atoms with Gasteiger partial charge in [-0.25, -0.2) is 0 Å². The average molecular weight is 252 g/mol. The number of carbonyl (C=O) groups excluding carboxylic acids is 1. The molecule has 0 aromatic carbocycles. The van der Waals surface area contributed by atoms with Crippen LogP contribution in [0.2, 0.25) is 0 Å². The Morgan fingerprint density at radius 2 is 1.67 bits per heavy atom. The third-order valence-electron chi connectivity index (χ3n) is 4.43. The van der Waals surface area contributed by atoms with Crippen molar-refractivity contribution >= 4 is 5.91 Å². The zero-order valence-electron chi connectivity index (χ0n) is 11.7. The van der Waals surface area contributed by atoms with Gasteiger partial charge in [0.1, 0.15) is 0 Å². The van der Waals surface area contributed by atoms with E-state index in [0.29, 0.717) is 6.04 Å². The van der Waals surface area contributed by atoms with Gasteiger partial charge in [0.05, 0.1) is 0 Å². The predicted molar refractivity (Wildman–Crippen MR) is 74.4 cm³/mol. The average Bonchev–Trinajstić information content (AvgIpc) is 2.81. The van der Waals surface area contributed by atoms with Gasteiger partial charge in [-0.3, -0.25) is 4.79 Å². The summed E-state index contributed by atoms with van der Waals surface area (Å²) >= 11 is 0. The van der Waals surface area contributed by atoms with Gasteiger partial charge in [0.25, 0.3) is 0 Å². The molecule has 1 heterocycles. The third kappa shape index (κ3) is 3.98. The first kappa shape index (κ1) is 13.9. The molecule has 0 spiro atoms. The van der Waals surface area contributed by atoms with E-state index in [4.69, 9.17) is 0 Å². The van der Waals surface area contributed by atoms with Crippen LogP contribution in [0.3, 0.4) is 0 Å². The fraction of sp³-hybridized carbons (Fsp3) is 0.933. The van der Waals surface area contributed by atoms with Crippen LogP contribution in [0, 0.1) is 11.8 Å². The van der Waals surface area contributed by atoms with E-state index in [2.05, 4.69) is 17.6 Å². The van der Waals surface area contributed by atoms with Crippen molar-refractivity contribution in [1.82, 2.24) is 10.6 Å². The molecule has 104 valence electrons. The van der Waals surface area contributed by atoms with Crippen molar-refractivity contribution in [3.8, 4) is 0 Å². The third-order valence-corrected chi connectivity index (χ3v) is 4.43. The summed E-state index contributed by atoms with van der Waals surface area (Å²) < 4.78 is 0. The van der Waals surface area contributed by atoms with E-state index in [9.17, 15) is 4.79 Å². The molecule has 1 aliphatic carbocycles. The number of hydrogen-bond donors (Lipinski definition) is 2. The second-order valence-corrected chi connectivity index (χ2v) is 5.95. The molecule has 1 aliphatic heterocycles. The van der Waals surface area contributed by atoms with Gasteiger partial charge < -0.3 is 10.6 Å². The van der Waals surface area contributed by atoms with Crippen LogP contribution in [0.4, 0.5) is 0 Å². The Kier molecular flexibility index (Phi) is 5.48. The summed E-state index contributed by atoms with van der Waals surface area (Å²) in [5, 5.41) is 6.54. The predicted octanol–water partition coefficient (Wildman–Crippen LogP) is 2.46. The van der Waals surface area contributed by atoms with Crippen molar-refractivity contribution in [2.45, 2.75) is 64.3 Å². The topological polar surface area (TPSA) is 41.1 Å². The molecule has 2 rings (SSSR count). The first-order valence-electron chi connectivity index (χ1n) is 7.83. The fourth-order valence-corrected chi connectivity index (χ4v) is 3.13. The van der Waals surface area contributed by atoms with Crippen LogP contribution in [0.15, 0.2) is 0 Å². The van der Waals surface area contributed by atoms with Crippen LogP contribution in [0.25, 0.3) is 0 Å². The van der Waals surface area contributed by atoms with Gasteiger partial charge in [-0.1, -0.05) is 45.4 Å². The molecule has 2 N–H and O–H groups in total. The van der Waals surface area contributed by atoms with Gasteiger partial charge in [-0.2, -0.15) is 0 Å². The lowest BCUT2D eigenvalue weighted by Crippen LogP contribution is -2.32. The van der Waals surface area contributed by atoms with Crippen molar-refractivity contribution in [3.63, 3.8) is 0 Å². The Bertz CT molecular complexity index is 257. The fourth-order valence-electron chi connectivity index (χ4n) is 3.13. The maximum Gasteiger partial charge on any atom is 0.220 e. The highest BCUT2D eigenvalue weighted by molar-refractivity contribution is 5.76. The largest absolute Gasteiger partial charge is 0.353 e. The van der Waals surface area contributed by atoms with Crippen molar-refractivity contribution in [2.75, 3.05) is 13.1 Å². The molecule has 0 radical (unpaired) electrons. The van der Waals surface area contributed by atoms with Crippen LogP contribution >= 0.6 is 0 Å². The summed E-state index contributed by atoms with van der Waals surface area (Å²) in [7, 11) is 0. The van der Waals surface area contributed by atoms with Gasteiger partial charge in [0, 0.05) is 25.6 Å². The normalized spacial score (nSPS) is 29.1. The molecular formula is C15H28N2O. The first-order valence-corrected chi connectivity index (χ1v) is 7.83. The summed E-state index contributed by atoms with van der Waals surface area (Å²) in [5.41, 5.74) is 0. The van der Waals surface area contributed by atoms with E-state index in [1.807, 2.05) is 0 Å². The van der Waals surface area contributed by atoms with Crippen molar-refractivity contribution in [3.05, 3.63) is 0 Å². The molecule has 2 atom stereocenters. The molecule has 3 nitrogen and oxygen atoms in total. The lowest BCUT2D eigenvalue weighted by atomic mass is 10.1. The second-order valence-electron chi connectivity index (χ2n) is 5.95. The summed E-state index contributed by atoms with van der Waals surface area (Å²) in [6.07, 6.45) is 9.69. The quantitative estimate of drug-likeness (QED) is 0.619. The van der Waals surface area contributed by atoms with E-state index in [-0.39, 0.29) is 5.91 Å². The zero-order valence-corrected chi connectivity index (χ0v) is 11.7. The standard InChI is InChI=1S/C15H28N2O/c1-2-3-4-5-6-7-8-9-14(18)17-15-12-10-16-11-13(12)15/h12-13,15-16H,2-11H2,1H3,(H,17,18). The van der Waals surface area contributed by atoms with E-state index < -0.39 is 0 Å². The second kappa shape index (κ2) is 7.13. The molecule has 2 fully saturated rings. The molecule has 1 saturated heterocycles. The Labute approximate surface area is 111 Å². The number of fused-ring (bicyclic) bond motifs is 1. The van der Waals surface area contributed by atoms with Gasteiger partial charge in [-0.05, 0) is 18.3 Å². The Morgan fingerprint density at radius 1 is 1.06 bits per heavy atom. The van der Waals surface area contributed by atoms with E-state index in [0.717, 1.165) is 37.8 Å². The highest BCUT2D eigenvalue weighted by Gasteiger charge is 2.53. The molecule has 0 bridgehead atoms. The molecule has 2 unspecified atom stereocenters. The van der Waals surface area contributed by atoms with Crippen LogP contribution in [0.1, 0.15) is 58.3 Å². The van der Waals surface area contributed by atoms with Crippen LogP contribution < -0.4 is 10.6 Å². The number of hydrogen-bond acceptors (Lipinski definition) is 2. The van der Waals surface area contributed by atoms with Crippen molar-refractivity contribution in [2.24, 2.45) is 11.8 Å². The minimum absolute atomic E-state index is 0.281. The molecule has 0 aromatic heterocycles. The number of carbonyl (C=O) groups is 1. The highest BCUT2D eigenvalue weighted by atomic mass is 16.1. The minimum atomic E-state index is 0.281. The monoisotopic (exact) mass is 252 g/mol. The molecule has 1 amide bonds. The Morgan fingerprint density at radius 3 is 2.33 bits per heavy atom. The van der Waals surface area contributed by atoms with Crippen molar-refractivity contribution in [1.29, 1.82) is 0 Å². The summed E-state index contributed by atoms with van der Waals surface area (Å²) in [6, 6.07) is 0.503. The van der Waals surface area contributed by atoms with Crippen LogP contribution in [-0.2, 0) is 4.79 Å². The number of amides is 1. The van der Waals surface area contributed by atoms with E-state index in [1.54, 1.807) is 0 Å². The maximum atomic E-state index is 11.7. The molecule has 3 heteroatoms. The first-order chi connectivity index (χ1) is 8.83. The Hall–Kier alpha value is -0.570. The lowest BCUT2D eigenvalue weighted by molar-refractivity contribution is -0.121. The smallest absolute Gasteiger partial charge is 0.220 e. The lowest BCUT2D eigenvalue weighted by Gasteiger charge is -2.07. The van der Waals surface area contributed by atoms with E-state index in [1.165, 1.54) is 38.5 Å². The Balaban J connectivity index is 1.41. The molecular weight excluding hydrogens is 224 g/mol.